The van der Waals surface area contributed by atoms with Gasteiger partial charge in [-0.15, -0.1) is 0 Å². The lowest BCUT2D eigenvalue weighted by molar-refractivity contribution is 0.134. The van der Waals surface area contributed by atoms with Crippen molar-refractivity contribution in [3.63, 3.8) is 0 Å². The van der Waals surface area contributed by atoms with Crippen molar-refractivity contribution < 1.29 is 4.74 Å². The maximum atomic E-state index is 6.02. The van der Waals surface area contributed by atoms with E-state index in [1.165, 1.54) is 32.1 Å². The minimum Gasteiger partial charge on any atom is -0.383 e. The zero-order valence-corrected chi connectivity index (χ0v) is 9.44. The first-order valence-electron chi connectivity index (χ1n) is 5.40. The molecule has 0 radical (unpaired) electrons. The summed E-state index contributed by atoms with van der Waals surface area (Å²) in [6, 6.07) is 0. The number of rotatable bonds is 8. The quantitative estimate of drug-likeness (QED) is 0.593. The van der Waals surface area contributed by atoms with Crippen molar-refractivity contribution in [2.24, 2.45) is 5.73 Å². The highest BCUT2D eigenvalue weighted by Gasteiger charge is 2.16. The van der Waals surface area contributed by atoms with Crippen LogP contribution in [0.15, 0.2) is 0 Å². The van der Waals surface area contributed by atoms with Gasteiger partial charge in [-0.25, -0.2) is 0 Å². The zero-order chi connectivity index (χ0) is 10.2. The van der Waals surface area contributed by atoms with E-state index in [4.69, 9.17) is 10.5 Å². The standard InChI is InChI=1S/C11H25NO/c1-4-5-6-7-8-9-11(2,12)10-13-3/h4-10,12H2,1-3H3. The van der Waals surface area contributed by atoms with E-state index in [0.29, 0.717) is 6.61 Å². The third-order valence-electron chi connectivity index (χ3n) is 2.33. The average Bonchev–Trinajstić information content (AvgIpc) is 2.04. The third-order valence-corrected chi connectivity index (χ3v) is 2.33. The van der Waals surface area contributed by atoms with Gasteiger partial charge in [-0.1, -0.05) is 39.0 Å². The van der Waals surface area contributed by atoms with Crippen LogP contribution in [0.5, 0.6) is 0 Å². The smallest absolute Gasteiger partial charge is 0.0639 e. The van der Waals surface area contributed by atoms with Gasteiger partial charge < -0.3 is 10.5 Å². The minimum absolute atomic E-state index is 0.124. The molecule has 0 saturated heterocycles. The van der Waals surface area contributed by atoms with E-state index in [1.54, 1.807) is 7.11 Å². The number of nitrogens with two attached hydrogens (primary N) is 1. The molecule has 0 aliphatic heterocycles. The lowest BCUT2D eigenvalue weighted by Crippen LogP contribution is -2.40. The fraction of sp³-hybridized carbons (Fsp3) is 1.00. The Balaban J connectivity index is 3.29. The van der Waals surface area contributed by atoms with E-state index < -0.39 is 0 Å². The molecule has 0 bridgehead atoms. The lowest BCUT2D eigenvalue weighted by Gasteiger charge is -2.23. The van der Waals surface area contributed by atoms with Crippen molar-refractivity contribution in [2.45, 2.75) is 57.9 Å². The maximum Gasteiger partial charge on any atom is 0.0639 e. The molecule has 0 heterocycles. The molecular weight excluding hydrogens is 162 g/mol. The molecule has 0 aromatic rings. The number of hydrogen-bond acceptors (Lipinski definition) is 2. The largest absolute Gasteiger partial charge is 0.383 e. The molecule has 2 N–H and O–H groups in total. The molecule has 0 aromatic heterocycles. The third kappa shape index (κ3) is 8.26. The topological polar surface area (TPSA) is 35.2 Å². The van der Waals surface area contributed by atoms with Gasteiger partial charge in [0.2, 0.25) is 0 Å². The highest BCUT2D eigenvalue weighted by molar-refractivity contribution is 4.77. The molecule has 1 unspecified atom stereocenters. The zero-order valence-electron chi connectivity index (χ0n) is 9.44. The summed E-state index contributed by atoms with van der Waals surface area (Å²) in [6.07, 6.45) is 7.62. The van der Waals surface area contributed by atoms with E-state index in [1.807, 2.05) is 0 Å². The average molecular weight is 187 g/mol. The summed E-state index contributed by atoms with van der Waals surface area (Å²) in [5, 5.41) is 0. The molecule has 0 fully saturated rings. The minimum atomic E-state index is -0.124. The van der Waals surface area contributed by atoms with E-state index in [9.17, 15) is 0 Å². The SMILES string of the molecule is CCCCCCCC(C)(N)COC. The van der Waals surface area contributed by atoms with Crippen molar-refractivity contribution in [1.29, 1.82) is 0 Å². The number of ether oxygens (including phenoxy) is 1. The van der Waals surface area contributed by atoms with Crippen LogP contribution >= 0.6 is 0 Å². The van der Waals surface area contributed by atoms with Crippen LogP contribution in [0, 0.1) is 0 Å². The fourth-order valence-corrected chi connectivity index (χ4v) is 1.53. The van der Waals surface area contributed by atoms with Crippen molar-refractivity contribution in [2.75, 3.05) is 13.7 Å². The first-order chi connectivity index (χ1) is 6.12. The van der Waals surface area contributed by atoms with Gasteiger partial charge in [0.15, 0.2) is 0 Å². The van der Waals surface area contributed by atoms with Crippen molar-refractivity contribution in [3.05, 3.63) is 0 Å². The fourth-order valence-electron chi connectivity index (χ4n) is 1.53. The van der Waals surface area contributed by atoms with Gasteiger partial charge in [0, 0.05) is 12.6 Å². The highest BCUT2D eigenvalue weighted by Crippen LogP contribution is 2.13. The van der Waals surface area contributed by atoms with Crippen LogP contribution in [-0.2, 0) is 4.74 Å². The summed E-state index contributed by atoms with van der Waals surface area (Å²) in [6.45, 7) is 4.97. The first kappa shape index (κ1) is 12.9. The van der Waals surface area contributed by atoms with Gasteiger partial charge in [0.05, 0.1) is 6.61 Å². The Bertz CT molecular complexity index is 113. The molecule has 80 valence electrons. The molecule has 2 nitrogen and oxygen atoms in total. The highest BCUT2D eigenvalue weighted by atomic mass is 16.5. The van der Waals surface area contributed by atoms with Crippen molar-refractivity contribution >= 4 is 0 Å². The van der Waals surface area contributed by atoms with Gasteiger partial charge >= 0.3 is 0 Å². The van der Waals surface area contributed by atoms with Crippen molar-refractivity contribution in [1.82, 2.24) is 0 Å². The molecule has 0 spiro atoms. The molecule has 13 heavy (non-hydrogen) atoms. The number of methoxy groups -OCH3 is 1. The molecule has 0 aliphatic rings. The van der Waals surface area contributed by atoms with Gasteiger partial charge in [-0.05, 0) is 13.3 Å². The Morgan fingerprint density at radius 1 is 1.15 bits per heavy atom. The Morgan fingerprint density at radius 3 is 2.31 bits per heavy atom. The van der Waals surface area contributed by atoms with Crippen LogP contribution < -0.4 is 5.73 Å². The van der Waals surface area contributed by atoms with Gasteiger partial charge in [-0.3, -0.25) is 0 Å². The second kappa shape index (κ2) is 7.34. The van der Waals surface area contributed by atoms with E-state index in [-0.39, 0.29) is 5.54 Å². The molecule has 0 aromatic carbocycles. The van der Waals surface area contributed by atoms with Crippen molar-refractivity contribution in [3.8, 4) is 0 Å². The Kier molecular flexibility index (Phi) is 7.29. The van der Waals surface area contributed by atoms with Crippen LogP contribution in [0.4, 0.5) is 0 Å². The Morgan fingerprint density at radius 2 is 1.77 bits per heavy atom. The van der Waals surface area contributed by atoms with E-state index >= 15 is 0 Å². The predicted molar refractivity (Wildman–Crippen MR) is 57.8 cm³/mol. The van der Waals surface area contributed by atoms with Crippen LogP contribution in [-0.4, -0.2) is 19.3 Å². The normalized spacial score (nSPS) is 15.7. The monoisotopic (exact) mass is 187 g/mol. The molecule has 0 amide bonds. The predicted octanol–water partition coefficient (Wildman–Crippen LogP) is 2.71. The molecule has 2 heteroatoms. The van der Waals surface area contributed by atoms with Gasteiger partial charge in [-0.2, -0.15) is 0 Å². The molecular formula is C11H25NO. The Labute approximate surface area is 82.8 Å². The van der Waals surface area contributed by atoms with Crippen LogP contribution in [0.1, 0.15) is 52.4 Å². The van der Waals surface area contributed by atoms with Crippen LogP contribution in [0.2, 0.25) is 0 Å². The van der Waals surface area contributed by atoms with Crippen LogP contribution in [0.25, 0.3) is 0 Å². The molecule has 0 rings (SSSR count). The van der Waals surface area contributed by atoms with E-state index in [2.05, 4.69) is 13.8 Å². The van der Waals surface area contributed by atoms with Gasteiger partial charge in [0.1, 0.15) is 0 Å². The molecule has 0 saturated carbocycles. The number of hydrogen-bond donors (Lipinski definition) is 1. The van der Waals surface area contributed by atoms with Crippen LogP contribution in [0.3, 0.4) is 0 Å². The summed E-state index contributed by atoms with van der Waals surface area (Å²) in [5.41, 5.74) is 5.89. The maximum absolute atomic E-state index is 6.02. The van der Waals surface area contributed by atoms with Gasteiger partial charge in [0.25, 0.3) is 0 Å². The second-order valence-electron chi connectivity index (χ2n) is 4.25. The summed E-state index contributed by atoms with van der Waals surface area (Å²) in [5.74, 6) is 0. The van der Waals surface area contributed by atoms with E-state index in [0.717, 1.165) is 6.42 Å². The summed E-state index contributed by atoms with van der Waals surface area (Å²) in [4.78, 5) is 0. The summed E-state index contributed by atoms with van der Waals surface area (Å²) < 4.78 is 5.06. The molecule has 1 atom stereocenters. The summed E-state index contributed by atoms with van der Waals surface area (Å²) >= 11 is 0. The lowest BCUT2D eigenvalue weighted by atomic mass is 9.96. The first-order valence-corrected chi connectivity index (χ1v) is 5.40. The second-order valence-corrected chi connectivity index (χ2v) is 4.25. The Hall–Kier alpha value is -0.0800. The summed E-state index contributed by atoms with van der Waals surface area (Å²) in [7, 11) is 1.71. The number of unbranched alkanes of at least 4 members (excludes halogenated alkanes) is 4. The molecule has 0 aliphatic carbocycles.